The minimum Gasteiger partial charge on any atom is -0.350 e. The molecular weight excluding hydrogens is 176 g/mol. The lowest BCUT2D eigenvalue weighted by Crippen LogP contribution is -2.30. The highest BCUT2D eigenvalue weighted by atomic mass is 16.1. The number of amides is 1. The average molecular weight is 188 g/mol. The van der Waals surface area contributed by atoms with E-state index < -0.39 is 0 Å². The number of carbonyl (C=O) groups excluding carboxylic acids is 1. The smallest absolute Gasteiger partial charge is 0.252 e. The zero-order valence-electron chi connectivity index (χ0n) is 8.24. The van der Waals surface area contributed by atoms with Gasteiger partial charge in [-0.25, -0.2) is 0 Å². The fourth-order valence-corrected chi connectivity index (χ4v) is 1.12. The third-order valence-electron chi connectivity index (χ3n) is 1.71. The number of carbonyl (C=O) groups is 1. The van der Waals surface area contributed by atoms with Gasteiger partial charge in [0.2, 0.25) is 0 Å². The van der Waals surface area contributed by atoms with Crippen molar-refractivity contribution in [1.29, 1.82) is 5.26 Å². The summed E-state index contributed by atoms with van der Waals surface area (Å²) in [6.45, 7) is 3.76. The van der Waals surface area contributed by atoms with E-state index in [0.717, 1.165) is 0 Å². The molecule has 3 nitrogen and oxygen atoms in total. The summed E-state index contributed by atoms with van der Waals surface area (Å²) < 4.78 is 0. The molecule has 0 saturated heterocycles. The zero-order valence-corrected chi connectivity index (χ0v) is 8.24. The van der Waals surface area contributed by atoms with E-state index in [2.05, 4.69) is 5.32 Å². The maximum atomic E-state index is 11.6. The molecule has 72 valence electrons. The second kappa shape index (κ2) is 4.43. The van der Waals surface area contributed by atoms with E-state index >= 15 is 0 Å². The molecule has 1 aromatic rings. The van der Waals surface area contributed by atoms with Crippen LogP contribution in [0.25, 0.3) is 0 Å². The molecule has 0 saturated carbocycles. The molecule has 0 unspecified atom stereocenters. The van der Waals surface area contributed by atoms with Crippen LogP contribution in [0.3, 0.4) is 0 Å². The van der Waals surface area contributed by atoms with Crippen LogP contribution in [0, 0.1) is 11.3 Å². The Kier molecular flexibility index (Phi) is 3.24. The van der Waals surface area contributed by atoms with Crippen molar-refractivity contribution in [1.82, 2.24) is 5.32 Å². The van der Waals surface area contributed by atoms with Gasteiger partial charge in [-0.3, -0.25) is 4.79 Å². The van der Waals surface area contributed by atoms with Gasteiger partial charge in [0.15, 0.2) is 0 Å². The Bertz CT molecular complexity index is 377. The predicted octanol–water partition coefficient (Wildman–Crippen LogP) is 1.70. The molecule has 1 aromatic carbocycles. The van der Waals surface area contributed by atoms with Crippen LogP contribution in [0.15, 0.2) is 24.3 Å². The Hall–Kier alpha value is -1.82. The molecule has 0 atom stereocenters. The summed E-state index contributed by atoms with van der Waals surface area (Å²) in [5.74, 6) is -0.197. The molecule has 0 aliphatic heterocycles. The topological polar surface area (TPSA) is 52.9 Å². The highest BCUT2D eigenvalue weighted by molar-refractivity contribution is 5.96. The Morgan fingerprint density at radius 3 is 2.64 bits per heavy atom. The molecule has 0 fully saturated rings. The van der Waals surface area contributed by atoms with Gasteiger partial charge in [-0.05, 0) is 26.0 Å². The van der Waals surface area contributed by atoms with Gasteiger partial charge in [-0.2, -0.15) is 5.26 Å². The average Bonchev–Trinajstić information content (AvgIpc) is 2.16. The second-order valence-electron chi connectivity index (χ2n) is 3.29. The number of hydrogen-bond donors (Lipinski definition) is 1. The van der Waals surface area contributed by atoms with E-state index in [4.69, 9.17) is 5.26 Å². The quantitative estimate of drug-likeness (QED) is 0.767. The zero-order chi connectivity index (χ0) is 10.6. The van der Waals surface area contributed by atoms with Crippen LogP contribution in [-0.2, 0) is 0 Å². The largest absolute Gasteiger partial charge is 0.350 e. The van der Waals surface area contributed by atoms with Gasteiger partial charge in [0, 0.05) is 6.04 Å². The van der Waals surface area contributed by atoms with Crippen molar-refractivity contribution in [2.24, 2.45) is 0 Å². The molecule has 14 heavy (non-hydrogen) atoms. The normalized spacial score (nSPS) is 9.57. The van der Waals surface area contributed by atoms with Gasteiger partial charge in [-0.1, -0.05) is 12.1 Å². The molecule has 0 aromatic heterocycles. The lowest BCUT2D eigenvalue weighted by atomic mass is 10.1. The summed E-state index contributed by atoms with van der Waals surface area (Å²) in [4.78, 5) is 11.6. The Balaban J connectivity index is 2.96. The van der Waals surface area contributed by atoms with Crippen molar-refractivity contribution in [2.45, 2.75) is 19.9 Å². The minimum absolute atomic E-state index is 0.0780. The maximum Gasteiger partial charge on any atom is 0.252 e. The van der Waals surface area contributed by atoms with Crippen molar-refractivity contribution < 1.29 is 4.79 Å². The molecule has 0 radical (unpaired) electrons. The third-order valence-corrected chi connectivity index (χ3v) is 1.71. The third kappa shape index (κ3) is 2.33. The summed E-state index contributed by atoms with van der Waals surface area (Å²) >= 11 is 0. The van der Waals surface area contributed by atoms with Crippen LogP contribution in [0.1, 0.15) is 29.8 Å². The maximum absolute atomic E-state index is 11.6. The minimum atomic E-state index is -0.197. The number of nitriles is 1. The summed E-state index contributed by atoms with van der Waals surface area (Å²) in [5, 5.41) is 11.5. The number of benzene rings is 1. The van der Waals surface area contributed by atoms with Gasteiger partial charge in [0.1, 0.15) is 0 Å². The van der Waals surface area contributed by atoms with E-state index in [-0.39, 0.29) is 11.9 Å². The lowest BCUT2D eigenvalue weighted by molar-refractivity contribution is 0.0943. The van der Waals surface area contributed by atoms with Gasteiger partial charge in [-0.15, -0.1) is 0 Å². The van der Waals surface area contributed by atoms with Crippen molar-refractivity contribution in [3.63, 3.8) is 0 Å². The van der Waals surface area contributed by atoms with E-state index in [0.29, 0.717) is 11.1 Å². The molecular formula is C11H12N2O. The molecule has 1 amide bonds. The highest BCUT2D eigenvalue weighted by Crippen LogP contribution is 2.06. The van der Waals surface area contributed by atoms with Gasteiger partial charge >= 0.3 is 0 Å². The van der Waals surface area contributed by atoms with Crippen molar-refractivity contribution in [3.8, 4) is 6.07 Å². The lowest BCUT2D eigenvalue weighted by Gasteiger charge is -2.08. The molecule has 1 N–H and O–H groups in total. The van der Waals surface area contributed by atoms with Gasteiger partial charge in [0.25, 0.3) is 5.91 Å². The molecule has 0 spiro atoms. The SMILES string of the molecule is CC(C)NC(=O)c1ccccc1C#N. The summed E-state index contributed by atoms with van der Waals surface area (Å²) in [5.41, 5.74) is 0.842. The van der Waals surface area contributed by atoms with E-state index in [1.54, 1.807) is 24.3 Å². The van der Waals surface area contributed by atoms with Gasteiger partial charge < -0.3 is 5.32 Å². The van der Waals surface area contributed by atoms with E-state index in [1.807, 2.05) is 19.9 Å². The summed E-state index contributed by atoms with van der Waals surface area (Å²) in [6.07, 6.45) is 0. The van der Waals surface area contributed by atoms with Crippen LogP contribution in [-0.4, -0.2) is 11.9 Å². The first-order valence-corrected chi connectivity index (χ1v) is 4.45. The van der Waals surface area contributed by atoms with Crippen molar-refractivity contribution in [2.75, 3.05) is 0 Å². The van der Waals surface area contributed by atoms with E-state index in [9.17, 15) is 4.79 Å². The second-order valence-corrected chi connectivity index (χ2v) is 3.29. The summed E-state index contributed by atoms with van der Waals surface area (Å²) in [7, 11) is 0. The molecule has 0 heterocycles. The van der Waals surface area contributed by atoms with E-state index in [1.165, 1.54) is 0 Å². The number of hydrogen-bond acceptors (Lipinski definition) is 2. The molecule has 0 aliphatic carbocycles. The van der Waals surface area contributed by atoms with Crippen LogP contribution < -0.4 is 5.32 Å². The van der Waals surface area contributed by atoms with Crippen LogP contribution in [0.4, 0.5) is 0 Å². The van der Waals surface area contributed by atoms with Crippen LogP contribution in [0.2, 0.25) is 0 Å². The molecule has 0 bridgehead atoms. The summed E-state index contributed by atoms with van der Waals surface area (Å²) in [6, 6.07) is 8.84. The monoisotopic (exact) mass is 188 g/mol. The first-order valence-electron chi connectivity index (χ1n) is 4.45. The fraction of sp³-hybridized carbons (Fsp3) is 0.273. The fourth-order valence-electron chi connectivity index (χ4n) is 1.12. The first kappa shape index (κ1) is 10.3. The Morgan fingerprint density at radius 2 is 2.07 bits per heavy atom. The Labute approximate surface area is 83.4 Å². The molecule has 0 aliphatic rings. The van der Waals surface area contributed by atoms with Crippen LogP contribution >= 0.6 is 0 Å². The predicted molar refractivity (Wildman–Crippen MR) is 53.8 cm³/mol. The standard InChI is InChI=1S/C11H12N2O/c1-8(2)13-11(14)10-6-4-3-5-9(10)7-12/h3-6,8H,1-2H3,(H,13,14). The molecule has 3 heteroatoms. The number of rotatable bonds is 2. The number of nitrogens with zero attached hydrogens (tertiary/aromatic N) is 1. The Morgan fingerprint density at radius 1 is 1.43 bits per heavy atom. The first-order chi connectivity index (χ1) is 6.65. The van der Waals surface area contributed by atoms with Crippen molar-refractivity contribution >= 4 is 5.91 Å². The highest BCUT2D eigenvalue weighted by Gasteiger charge is 2.10. The van der Waals surface area contributed by atoms with Gasteiger partial charge in [0.05, 0.1) is 17.2 Å². The van der Waals surface area contributed by atoms with Crippen LogP contribution in [0.5, 0.6) is 0 Å². The van der Waals surface area contributed by atoms with Crippen molar-refractivity contribution in [3.05, 3.63) is 35.4 Å². The number of nitrogens with one attached hydrogen (secondary N) is 1. The molecule has 1 rings (SSSR count).